The van der Waals surface area contributed by atoms with Crippen molar-refractivity contribution in [3.8, 4) is 11.5 Å². The van der Waals surface area contributed by atoms with Crippen LogP contribution >= 0.6 is 11.6 Å². The number of amides is 1. The maximum Gasteiger partial charge on any atom is 0.258 e. The van der Waals surface area contributed by atoms with Crippen LogP contribution in [0.3, 0.4) is 0 Å². The largest absolute Gasteiger partial charge is 0.493 e. The van der Waals surface area contributed by atoms with E-state index in [1.807, 2.05) is 0 Å². The number of methoxy groups -OCH3 is 2. The van der Waals surface area contributed by atoms with E-state index in [-0.39, 0.29) is 11.0 Å². The highest BCUT2D eigenvalue weighted by Crippen LogP contribution is 2.36. The predicted molar refractivity (Wildman–Crippen MR) is 73.6 cm³/mol. The second kappa shape index (κ2) is 5.79. The van der Waals surface area contributed by atoms with Crippen LogP contribution in [0.1, 0.15) is 16.2 Å². The van der Waals surface area contributed by atoms with Gasteiger partial charge in [-0.2, -0.15) is 4.98 Å². The van der Waals surface area contributed by atoms with Gasteiger partial charge in [-0.25, -0.2) is 0 Å². The Kier molecular flexibility index (Phi) is 4.09. The predicted octanol–water partition coefficient (Wildman–Crippen LogP) is 2.04. The van der Waals surface area contributed by atoms with Gasteiger partial charge in [0.05, 0.1) is 19.2 Å². The van der Waals surface area contributed by atoms with E-state index in [4.69, 9.17) is 21.1 Å². The summed E-state index contributed by atoms with van der Waals surface area (Å²) in [7, 11) is 2.94. The van der Waals surface area contributed by atoms with Crippen LogP contribution in [0.2, 0.25) is 5.02 Å². The fourth-order valence-electron chi connectivity index (χ4n) is 1.62. The zero-order valence-electron chi connectivity index (χ0n) is 11.2. The molecule has 1 heterocycles. The van der Waals surface area contributed by atoms with Gasteiger partial charge in [-0.3, -0.25) is 15.2 Å². The Labute approximate surface area is 120 Å². The SMILES string of the molecule is COc1cc(C(=O)Nc2n[nH]c(C)n2)cc(Cl)c1OC. The fraction of sp³-hybridized carbons (Fsp3) is 0.250. The molecule has 1 amide bonds. The second-order valence-electron chi connectivity index (χ2n) is 3.89. The first-order valence-corrected chi connectivity index (χ1v) is 6.04. The van der Waals surface area contributed by atoms with Gasteiger partial charge in [0.15, 0.2) is 11.5 Å². The minimum Gasteiger partial charge on any atom is -0.493 e. The molecule has 0 radical (unpaired) electrons. The van der Waals surface area contributed by atoms with E-state index in [0.717, 1.165) is 0 Å². The minimum atomic E-state index is -0.396. The number of ether oxygens (including phenoxy) is 2. The Balaban J connectivity index is 2.28. The van der Waals surface area contributed by atoms with Crippen LogP contribution in [-0.4, -0.2) is 35.3 Å². The average Bonchev–Trinajstić information content (AvgIpc) is 2.82. The minimum absolute atomic E-state index is 0.193. The third kappa shape index (κ3) is 2.83. The van der Waals surface area contributed by atoms with Gasteiger partial charge in [-0.1, -0.05) is 11.6 Å². The average molecular weight is 297 g/mol. The highest BCUT2D eigenvalue weighted by molar-refractivity contribution is 6.32. The number of anilines is 1. The van der Waals surface area contributed by atoms with E-state index in [0.29, 0.717) is 22.9 Å². The molecule has 1 aromatic heterocycles. The summed E-state index contributed by atoms with van der Waals surface area (Å²) in [5.41, 5.74) is 0.315. The smallest absolute Gasteiger partial charge is 0.258 e. The molecule has 2 N–H and O–H groups in total. The number of nitrogens with zero attached hydrogens (tertiary/aromatic N) is 2. The lowest BCUT2D eigenvalue weighted by Gasteiger charge is -2.11. The first kappa shape index (κ1) is 14.1. The van der Waals surface area contributed by atoms with Crippen LogP contribution in [-0.2, 0) is 0 Å². The Bertz CT molecular complexity index is 642. The second-order valence-corrected chi connectivity index (χ2v) is 4.30. The Morgan fingerprint density at radius 3 is 2.65 bits per heavy atom. The quantitative estimate of drug-likeness (QED) is 0.901. The third-order valence-electron chi connectivity index (χ3n) is 2.52. The molecule has 0 spiro atoms. The molecule has 0 saturated carbocycles. The molecule has 8 heteroatoms. The van der Waals surface area contributed by atoms with Crippen molar-refractivity contribution in [2.75, 3.05) is 19.5 Å². The van der Waals surface area contributed by atoms with E-state index in [1.54, 1.807) is 6.92 Å². The maximum atomic E-state index is 12.1. The van der Waals surface area contributed by atoms with Crippen LogP contribution in [0.5, 0.6) is 11.5 Å². The monoisotopic (exact) mass is 296 g/mol. The van der Waals surface area contributed by atoms with E-state index >= 15 is 0 Å². The summed E-state index contributed by atoms with van der Waals surface area (Å²) in [6.07, 6.45) is 0. The van der Waals surface area contributed by atoms with Gasteiger partial charge in [0.1, 0.15) is 5.82 Å². The number of halogens is 1. The van der Waals surface area contributed by atoms with Crippen LogP contribution in [0, 0.1) is 6.92 Å². The lowest BCUT2D eigenvalue weighted by Crippen LogP contribution is -2.13. The van der Waals surface area contributed by atoms with Gasteiger partial charge in [-0.15, -0.1) is 5.10 Å². The summed E-state index contributed by atoms with van der Waals surface area (Å²) < 4.78 is 10.2. The lowest BCUT2D eigenvalue weighted by atomic mass is 10.2. The zero-order chi connectivity index (χ0) is 14.7. The molecule has 20 heavy (non-hydrogen) atoms. The Morgan fingerprint density at radius 1 is 1.35 bits per heavy atom. The van der Waals surface area contributed by atoms with Crippen molar-refractivity contribution in [3.63, 3.8) is 0 Å². The molecule has 0 saturated heterocycles. The fourth-order valence-corrected chi connectivity index (χ4v) is 1.91. The highest BCUT2D eigenvalue weighted by Gasteiger charge is 2.16. The van der Waals surface area contributed by atoms with Gasteiger partial charge >= 0.3 is 0 Å². The molecule has 106 valence electrons. The number of H-pyrrole nitrogens is 1. The highest BCUT2D eigenvalue weighted by atomic mass is 35.5. The molecule has 0 aliphatic carbocycles. The number of aryl methyl sites for hydroxylation is 1. The van der Waals surface area contributed by atoms with Crippen molar-refractivity contribution in [2.24, 2.45) is 0 Å². The molecule has 0 unspecified atom stereocenters. The molecule has 7 nitrogen and oxygen atoms in total. The molecule has 0 bridgehead atoms. The van der Waals surface area contributed by atoms with Gasteiger partial charge in [0, 0.05) is 5.56 Å². The number of aromatic nitrogens is 3. The number of carbonyl (C=O) groups excluding carboxylic acids is 1. The number of aromatic amines is 1. The van der Waals surface area contributed by atoms with Gasteiger partial charge in [0.2, 0.25) is 5.95 Å². The lowest BCUT2D eigenvalue weighted by molar-refractivity contribution is 0.102. The molecular formula is C12H13ClN4O3. The van der Waals surface area contributed by atoms with E-state index in [9.17, 15) is 4.79 Å². The number of nitrogens with one attached hydrogen (secondary N) is 2. The zero-order valence-corrected chi connectivity index (χ0v) is 11.9. The Morgan fingerprint density at radius 2 is 2.10 bits per heavy atom. The summed E-state index contributed by atoms with van der Waals surface area (Å²) in [6, 6.07) is 3.01. The van der Waals surface area contributed by atoms with Crippen LogP contribution in [0.15, 0.2) is 12.1 Å². The van der Waals surface area contributed by atoms with Crippen molar-refractivity contribution in [2.45, 2.75) is 6.92 Å². The van der Waals surface area contributed by atoms with Crippen LogP contribution in [0.25, 0.3) is 0 Å². The first-order chi connectivity index (χ1) is 9.55. The van der Waals surface area contributed by atoms with E-state index in [1.165, 1.54) is 26.4 Å². The molecule has 0 aliphatic heterocycles. The number of benzene rings is 1. The topological polar surface area (TPSA) is 89.1 Å². The van der Waals surface area contributed by atoms with Gasteiger partial charge in [-0.05, 0) is 19.1 Å². The van der Waals surface area contributed by atoms with Crippen LogP contribution in [0.4, 0.5) is 5.95 Å². The number of rotatable bonds is 4. The molecule has 1 aromatic carbocycles. The molecule has 0 fully saturated rings. The molecule has 2 aromatic rings. The normalized spacial score (nSPS) is 10.2. The molecule has 0 aliphatic rings. The van der Waals surface area contributed by atoms with Gasteiger partial charge < -0.3 is 9.47 Å². The molecule has 2 rings (SSSR count). The van der Waals surface area contributed by atoms with Crippen molar-refractivity contribution in [1.82, 2.24) is 15.2 Å². The van der Waals surface area contributed by atoms with Crippen molar-refractivity contribution in [3.05, 3.63) is 28.5 Å². The van der Waals surface area contributed by atoms with Gasteiger partial charge in [0.25, 0.3) is 5.91 Å². The van der Waals surface area contributed by atoms with Crippen LogP contribution < -0.4 is 14.8 Å². The Hall–Kier alpha value is -2.28. The molecule has 0 atom stereocenters. The van der Waals surface area contributed by atoms with Crippen molar-refractivity contribution in [1.29, 1.82) is 0 Å². The van der Waals surface area contributed by atoms with E-state index < -0.39 is 5.91 Å². The summed E-state index contributed by atoms with van der Waals surface area (Å²) in [5, 5.41) is 9.28. The third-order valence-corrected chi connectivity index (χ3v) is 2.80. The standard InChI is InChI=1S/C12H13ClN4O3/c1-6-14-12(17-16-6)15-11(18)7-4-8(13)10(20-3)9(5-7)19-2/h4-5H,1-3H3,(H2,14,15,16,17,18). The summed E-state index contributed by atoms with van der Waals surface area (Å²) in [5.74, 6) is 1.15. The summed E-state index contributed by atoms with van der Waals surface area (Å²) >= 11 is 6.04. The first-order valence-electron chi connectivity index (χ1n) is 5.67. The van der Waals surface area contributed by atoms with E-state index in [2.05, 4.69) is 20.5 Å². The van der Waals surface area contributed by atoms with Crippen molar-refractivity contribution < 1.29 is 14.3 Å². The summed E-state index contributed by atoms with van der Waals surface area (Å²) in [6.45, 7) is 1.73. The number of carbonyl (C=O) groups is 1. The number of hydrogen-bond acceptors (Lipinski definition) is 5. The maximum absolute atomic E-state index is 12.1. The number of hydrogen-bond donors (Lipinski definition) is 2. The summed E-state index contributed by atoms with van der Waals surface area (Å²) in [4.78, 5) is 16.1. The molecular weight excluding hydrogens is 284 g/mol. The van der Waals surface area contributed by atoms with Crippen molar-refractivity contribution >= 4 is 23.5 Å².